The third-order valence-corrected chi connectivity index (χ3v) is 5.64. The van der Waals surface area contributed by atoms with E-state index >= 15 is 0 Å². The maximum Gasteiger partial charge on any atom is 0.222 e. The highest BCUT2D eigenvalue weighted by Crippen LogP contribution is 2.16. The van der Waals surface area contributed by atoms with Gasteiger partial charge < -0.3 is 10.2 Å². The van der Waals surface area contributed by atoms with Crippen molar-refractivity contribution in [2.45, 2.75) is 31.6 Å². The van der Waals surface area contributed by atoms with Crippen LogP contribution in [0, 0.1) is 11.8 Å². The molecular weight excluding hydrogens is 308 g/mol. The minimum absolute atomic E-state index is 0.0444. The van der Waals surface area contributed by atoms with Crippen molar-refractivity contribution in [1.82, 2.24) is 10.2 Å². The normalized spacial score (nSPS) is 20.4. The number of nitrogens with zero attached hydrogens (tertiary/aromatic N) is 1. The monoisotopic (exact) mass is 336 g/mol. The van der Waals surface area contributed by atoms with Crippen LogP contribution in [0.15, 0.2) is 35.2 Å². The fourth-order valence-corrected chi connectivity index (χ4v) is 3.99. The quantitative estimate of drug-likeness (QED) is 0.831. The minimum atomic E-state index is -0.925. The van der Waals surface area contributed by atoms with E-state index in [9.17, 15) is 9.00 Å². The number of rotatable bonds is 7. The van der Waals surface area contributed by atoms with Crippen molar-refractivity contribution in [1.29, 1.82) is 0 Å². The lowest BCUT2D eigenvalue weighted by atomic mass is 9.98. The Labute approximate surface area is 142 Å². The Balaban J connectivity index is 1.73. The van der Waals surface area contributed by atoms with Crippen molar-refractivity contribution in [2.24, 2.45) is 11.8 Å². The average Bonchev–Trinajstić information content (AvgIpc) is 2.58. The summed E-state index contributed by atoms with van der Waals surface area (Å²) < 4.78 is 12.3. The van der Waals surface area contributed by atoms with Gasteiger partial charge in [-0.25, -0.2) is 0 Å². The van der Waals surface area contributed by atoms with Gasteiger partial charge in [-0.2, -0.15) is 0 Å². The molecule has 23 heavy (non-hydrogen) atoms. The molecule has 2 atom stereocenters. The lowest BCUT2D eigenvalue weighted by Gasteiger charge is -2.32. The Morgan fingerprint density at radius 1 is 1.35 bits per heavy atom. The fraction of sp³-hybridized carbons (Fsp3) is 0.611. The molecule has 1 aliphatic heterocycles. The van der Waals surface area contributed by atoms with Crippen LogP contribution < -0.4 is 5.32 Å². The Hall–Kier alpha value is -1.20. The van der Waals surface area contributed by atoms with Crippen LogP contribution in [0.25, 0.3) is 0 Å². The molecule has 1 saturated heterocycles. The Bertz CT molecular complexity index is 519. The lowest BCUT2D eigenvalue weighted by Crippen LogP contribution is -2.42. The second-order valence-corrected chi connectivity index (χ2v) is 8.14. The third-order valence-electron chi connectivity index (χ3n) is 4.29. The topological polar surface area (TPSA) is 49.4 Å². The minimum Gasteiger partial charge on any atom is -0.356 e. The molecule has 1 heterocycles. The summed E-state index contributed by atoms with van der Waals surface area (Å²) in [6.45, 7) is 7.51. The number of benzene rings is 1. The molecule has 0 aromatic heterocycles. The number of nitrogens with one attached hydrogen (secondary N) is 1. The summed E-state index contributed by atoms with van der Waals surface area (Å²) in [7, 11) is -0.925. The molecule has 5 heteroatoms. The van der Waals surface area contributed by atoms with Gasteiger partial charge in [0.25, 0.3) is 0 Å². The Morgan fingerprint density at radius 2 is 2.09 bits per heavy atom. The van der Waals surface area contributed by atoms with E-state index in [4.69, 9.17) is 0 Å². The molecule has 1 fully saturated rings. The molecule has 0 radical (unpaired) electrons. The first-order valence-electron chi connectivity index (χ1n) is 8.49. The molecule has 0 unspecified atom stereocenters. The van der Waals surface area contributed by atoms with E-state index in [1.165, 1.54) is 0 Å². The molecule has 1 aromatic carbocycles. The molecule has 1 amide bonds. The van der Waals surface area contributed by atoms with Crippen molar-refractivity contribution < 1.29 is 9.00 Å². The molecule has 0 bridgehead atoms. The summed E-state index contributed by atoms with van der Waals surface area (Å²) in [5, 5.41) is 3.04. The highest BCUT2D eigenvalue weighted by molar-refractivity contribution is 7.85. The number of piperidine rings is 1. The maximum absolute atomic E-state index is 12.3. The summed E-state index contributed by atoms with van der Waals surface area (Å²) in [6.07, 6.45) is 2.32. The van der Waals surface area contributed by atoms with Crippen LogP contribution in [0.2, 0.25) is 0 Å². The number of hydrogen-bond donors (Lipinski definition) is 1. The van der Waals surface area contributed by atoms with Gasteiger partial charge in [0.2, 0.25) is 5.91 Å². The Morgan fingerprint density at radius 3 is 2.78 bits per heavy atom. The molecule has 128 valence electrons. The zero-order valence-electron chi connectivity index (χ0n) is 14.2. The predicted octanol–water partition coefficient (Wildman–Crippen LogP) is 2.28. The van der Waals surface area contributed by atoms with Crippen LogP contribution in [-0.4, -0.2) is 46.9 Å². The van der Waals surface area contributed by atoms with Gasteiger partial charge in [-0.1, -0.05) is 32.0 Å². The maximum atomic E-state index is 12.3. The highest BCUT2D eigenvalue weighted by Gasteiger charge is 2.21. The fourth-order valence-electron chi connectivity index (χ4n) is 2.87. The smallest absolute Gasteiger partial charge is 0.222 e. The largest absolute Gasteiger partial charge is 0.356 e. The van der Waals surface area contributed by atoms with Crippen LogP contribution >= 0.6 is 0 Å². The summed E-state index contributed by atoms with van der Waals surface area (Å²) in [4.78, 5) is 15.0. The standard InChI is InChI=1S/C18H28N2O2S/c1-15(2)18(21)19-13-16-7-6-10-20(14-16)11-12-23(22)17-8-4-3-5-9-17/h3-5,8-9,15-16H,6-7,10-14H2,1-2H3,(H,19,21)/t16-,23-/m1/s1. The van der Waals surface area contributed by atoms with Crippen LogP contribution in [0.1, 0.15) is 26.7 Å². The zero-order valence-corrected chi connectivity index (χ0v) is 15.0. The molecule has 0 aliphatic carbocycles. The van der Waals surface area contributed by atoms with E-state index in [0.29, 0.717) is 11.7 Å². The van der Waals surface area contributed by atoms with E-state index in [0.717, 1.165) is 43.9 Å². The van der Waals surface area contributed by atoms with Gasteiger partial charge in [0.15, 0.2) is 0 Å². The molecule has 2 rings (SSSR count). The van der Waals surface area contributed by atoms with Crippen molar-refractivity contribution in [3.63, 3.8) is 0 Å². The van der Waals surface area contributed by atoms with Crippen molar-refractivity contribution in [2.75, 3.05) is 31.9 Å². The van der Waals surface area contributed by atoms with Gasteiger partial charge in [0, 0.05) is 36.2 Å². The SMILES string of the molecule is CC(C)C(=O)NC[C@H]1CCCN(CC[S@@](=O)c2ccccc2)C1. The van der Waals surface area contributed by atoms with Crippen LogP contribution in [0.3, 0.4) is 0 Å². The second kappa shape index (κ2) is 9.18. The van der Waals surface area contributed by atoms with Crippen LogP contribution in [0.5, 0.6) is 0 Å². The molecule has 0 saturated carbocycles. The summed E-state index contributed by atoms with van der Waals surface area (Å²) in [5.74, 6) is 1.36. The van der Waals surface area contributed by atoms with E-state index in [2.05, 4.69) is 10.2 Å². The third kappa shape index (κ3) is 6.07. The van der Waals surface area contributed by atoms with Gasteiger partial charge in [-0.3, -0.25) is 9.00 Å². The number of carbonyl (C=O) groups excluding carboxylic acids is 1. The van der Waals surface area contributed by atoms with Gasteiger partial charge in [-0.15, -0.1) is 0 Å². The molecular formula is C18H28N2O2S. The van der Waals surface area contributed by atoms with Crippen LogP contribution in [0.4, 0.5) is 0 Å². The summed E-state index contributed by atoms with van der Waals surface area (Å²) in [6, 6.07) is 9.66. The number of hydrogen-bond acceptors (Lipinski definition) is 3. The van der Waals surface area contributed by atoms with Gasteiger partial charge in [-0.05, 0) is 37.4 Å². The first-order valence-corrected chi connectivity index (χ1v) is 9.81. The van der Waals surface area contributed by atoms with Gasteiger partial charge >= 0.3 is 0 Å². The molecule has 1 N–H and O–H groups in total. The van der Waals surface area contributed by atoms with Crippen LogP contribution in [-0.2, 0) is 15.6 Å². The predicted molar refractivity (Wildman–Crippen MR) is 94.7 cm³/mol. The second-order valence-electron chi connectivity index (χ2n) is 6.57. The molecule has 1 aliphatic rings. The number of carbonyl (C=O) groups is 1. The lowest BCUT2D eigenvalue weighted by molar-refractivity contribution is -0.124. The molecule has 0 spiro atoms. The first-order chi connectivity index (χ1) is 11.1. The molecule has 1 aromatic rings. The number of likely N-dealkylation sites (tertiary alicyclic amines) is 1. The van der Waals surface area contributed by atoms with Gasteiger partial charge in [0.1, 0.15) is 0 Å². The van der Waals surface area contributed by atoms with E-state index in [-0.39, 0.29) is 11.8 Å². The zero-order chi connectivity index (χ0) is 16.7. The first kappa shape index (κ1) is 18.1. The van der Waals surface area contributed by atoms with E-state index < -0.39 is 10.8 Å². The summed E-state index contributed by atoms with van der Waals surface area (Å²) >= 11 is 0. The van der Waals surface area contributed by atoms with Crippen molar-refractivity contribution in [3.8, 4) is 0 Å². The average molecular weight is 337 g/mol. The van der Waals surface area contributed by atoms with Gasteiger partial charge in [0.05, 0.1) is 10.8 Å². The van der Waals surface area contributed by atoms with E-state index in [1.807, 2.05) is 44.2 Å². The molecule has 4 nitrogen and oxygen atoms in total. The van der Waals surface area contributed by atoms with Crippen molar-refractivity contribution >= 4 is 16.7 Å². The highest BCUT2D eigenvalue weighted by atomic mass is 32.2. The Kier molecular flexibility index (Phi) is 7.24. The summed E-state index contributed by atoms with van der Waals surface area (Å²) in [5.41, 5.74) is 0. The number of amides is 1. The van der Waals surface area contributed by atoms with Crippen molar-refractivity contribution in [3.05, 3.63) is 30.3 Å². The van der Waals surface area contributed by atoms with E-state index in [1.54, 1.807) is 0 Å².